The summed E-state index contributed by atoms with van der Waals surface area (Å²) >= 11 is 0. The highest BCUT2D eigenvalue weighted by Gasteiger charge is 2.16. The Morgan fingerprint density at radius 3 is 1.37 bits per heavy atom. The fourth-order valence-corrected chi connectivity index (χ4v) is 2.71. The van der Waals surface area contributed by atoms with Gasteiger partial charge in [0, 0.05) is 18.7 Å². The lowest BCUT2D eigenvalue weighted by molar-refractivity contribution is 0.0512. The first-order chi connectivity index (χ1) is 17.6. The van der Waals surface area contributed by atoms with E-state index in [2.05, 4.69) is 15.4 Å². The van der Waals surface area contributed by atoms with E-state index in [1.165, 1.54) is 7.11 Å². The van der Waals surface area contributed by atoms with Gasteiger partial charge in [-0.15, -0.1) is 0 Å². The summed E-state index contributed by atoms with van der Waals surface area (Å²) in [4.78, 5) is 45.3. The van der Waals surface area contributed by atoms with E-state index in [1.807, 2.05) is 5.43 Å². The second-order valence-electron chi connectivity index (χ2n) is 10.1. The number of hydrogen-bond acceptors (Lipinski definition) is 8. The van der Waals surface area contributed by atoms with Gasteiger partial charge in [0.2, 0.25) is 0 Å². The Morgan fingerprint density at radius 2 is 1.05 bits per heavy atom. The van der Waals surface area contributed by atoms with Crippen LogP contribution in [-0.2, 0) is 27.3 Å². The number of hydrazine groups is 1. The van der Waals surface area contributed by atoms with Crippen LogP contribution in [0.1, 0.15) is 73.4 Å². The summed E-state index contributed by atoms with van der Waals surface area (Å²) in [5.74, 6) is 4.29. The predicted octanol–water partition coefficient (Wildman–Crippen LogP) is 3.81. The van der Waals surface area contributed by atoms with Crippen LogP contribution in [0.3, 0.4) is 0 Å². The summed E-state index contributed by atoms with van der Waals surface area (Å²) in [6.45, 7) is 11.5. The van der Waals surface area contributed by atoms with E-state index in [9.17, 15) is 19.2 Å². The van der Waals surface area contributed by atoms with E-state index in [4.69, 9.17) is 15.3 Å². The Hall–Kier alpha value is -4.12. The van der Waals surface area contributed by atoms with Crippen LogP contribution in [0.4, 0.5) is 9.59 Å². The van der Waals surface area contributed by atoms with Gasteiger partial charge in [-0.1, -0.05) is 24.3 Å². The predicted molar refractivity (Wildman–Crippen MR) is 142 cm³/mol. The standard InChI is InChI=1S/C14H19NO4.C13H19N3O3/c1-14(2,3)19-13(17)15-9-10-5-7-11(8-6-10)12(16)18-4;1-13(2,3)19-12(18)15-8-9-4-6-10(7-5-9)11(17)16-14/h5-8H,9H2,1-4H3,(H,15,17);4-7H,8,14H2,1-3H3,(H,15,18)(H,16,17). The summed E-state index contributed by atoms with van der Waals surface area (Å²) < 4.78 is 14.8. The van der Waals surface area contributed by atoms with Crippen LogP contribution < -0.4 is 21.9 Å². The second kappa shape index (κ2) is 14.6. The number of methoxy groups -OCH3 is 1. The van der Waals surface area contributed by atoms with Gasteiger partial charge < -0.3 is 24.8 Å². The topological polar surface area (TPSA) is 158 Å². The second-order valence-corrected chi connectivity index (χ2v) is 10.1. The summed E-state index contributed by atoms with van der Waals surface area (Å²) in [5.41, 5.74) is 3.68. The van der Waals surface area contributed by atoms with Crippen LogP contribution >= 0.6 is 0 Å². The van der Waals surface area contributed by atoms with E-state index in [0.717, 1.165) is 11.1 Å². The van der Waals surface area contributed by atoms with Gasteiger partial charge in [0.05, 0.1) is 12.7 Å². The lowest BCUT2D eigenvalue weighted by Crippen LogP contribution is -2.32. The van der Waals surface area contributed by atoms with Crippen molar-refractivity contribution in [2.75, 3.05) is 7.11 Å². The van der Waals surface area contributed by atoms with Crippen molar-refractivity contribution in [1.29, 1.82) is 0 Å². The molecule has 0 saturated carbocycles. The average Bonchev–Trinajstić information content (AvgIpc) is 2.84. The van der Waals surface area contributed by atoms with Gasteiger partial charge in [-0.3, -0.25) is 10.2 Å². The molecule has 0 aliphatic heterocycles. The van der Waals surface area contributed by atoms with Crippen molar-refractivity contribution >= 4 is 24.1 Å². The Balaban J connectivity index is 0.000000380. The smallest absolute Gasteiger partial charge is 0.407 e. The molecule has 2 rings (SSSR count). The third kappa shape index (κ3) is 13.3. The van der Waals surface area contributed by atoms with Crippen molar-refractivity contribution in [3.05, 3.63) is 70.8 Å². The fourth-order valence-electron chi connectivity index (χ4n) is 2.71. The van der Waals surface area contributed by atoms with E-state index >= 15 is 0 Å². The van der Waals surface area contributed by atoms with Gasteiger partial charge in [-0.2, -0.15) is 0 Å². The molecule has 3 amide bonds. The number of hydrogen-bond donors (Lipinski definition) is 4. The maximum absolute atomic E-state index is 11.4. The third-order valence-electron chi connectivity index (χ3n) is 4.39. The van der Waals surface area contributed by atoms with Crippen molar-refractivity contribution in [3.63, 3.8) is 0 Å². The number of benzene rings is 2. The summed E-state index contributed by atoms with van der Waals surface area (Å²) in [7, 11) is 1.33. The number of amides is 3. The van der Waals surface area contributed by atoms with Gasteiger partial charge >= 0.3 is 18.2 Å². The van der Waals surface area contributed by atoms with Gasteiger partial charge in [-0.25, -0.2) is 20.2 Å². The van der Waals surface area contributed by atoms with Gasteiger partial charge in [-0.05, 0) is 76.9 Å². The van der Waals surface area contributed by atoms with Crippen molar-refractivity contribution in [1.82, 2.24) is 16.1 Å². The molecule has 0 spiro atoms. The van der Waals surface area contributed by atoms with Crippen LogP contribution in [0.5, 0.6) is 0 Å². The molecule has 0 atom stereocenters. The number of carbonyl (C=O) groups is 4. The molecule has 0 aliphatic rings. The van der Waals surface area contributed by atoms with Crippen molar-refractivity contribution < 1.29 is 33.4 Å². The molecule has 11 heteroatoms. The molecule has 0 unspecified atom stereocenters. The monoisotopic (exact) mass is 530 g/mol. The highest BCUT2D eigenvalue weighted by molar-refractivity contribution is 5.93. The number of carbonyl (C=O) groups excluding carboxylic acids is 4. The lowest BCUT2D eigenvalue weighted by atomic mass is 10.1. The molecule has 5 N–H and O–H groups in total. The minimum Gasteiger partial charge on any atom is -0.465 e. The van der Waals surface area contributed by atoms with E-state index in [0.29, 0.717) is 24.2 Å². The van der Waals surface area contributed by atoms with Gasteiger partial charge in [0.15, 0.2) is 0 Å². The first kappa shape index (κ1) is 31.9. The molecular weight excluding hydrogens is 492 g/mol. The summed E-state index contributed by atoms with van der Waals surface area (Å²) in [6.07, 6.45) is -0.944. The highest BCUT2D eigenvalue weighted by atomic mass is 16.6. The largest absolute Gasteiger partial charge is 0.465 e. The van der Waals surface area contributed by atoms with Crippen molar-refractivity contribution in [3.8, 4) is 0 Å². The molecular formula is C27H38N4O7. The quantitative estimate of drug-likeness (QED) is 0.144. The lowest BCUT2D eigenvalue weighted by Gasteiger charge is -2.19. The van der Waals surface area contributed by atoms with Crippen LogP contribution in [0.2, 0.25) is 0 Å². The van der Waals surface area contributed by atoms with E-state index in [1.54, 1.807) is 90.1 Å². The Bertz CT molecular complexity index is 983. The number of ether oxygens (including phenoxy) is 3. The maximum Gasteiger partial charge on any atom is 0.407 e. The number of nitrogens with one attached hydrogen (secondary N) is 3. The normalized spacial score (nSPS) is 10.7. The molecule has 0 fully saturated rings. The molecule has 0 heterocycles. The molecule has 2 aromatic rings. The zero-order valence-electron chi connectivity index (χ0n) is 23.0. The number of nitrogen functional groups attached to an aromatic ring is 1. The maximum atomic E-state index is 11.4. The summed E-state index contributed by atoms with van der Waals surface area (Å²) in [5, 5.41) is 5.27. The molecule has 0 aliphatic carbocycles. The SMILES string of the molecule is CC(C)(C)OC(=O)NCc1ccc(C(=O)NN)cc1.COC(=O)c1ccc(CNC(=O)OC(C)(C)C)cc1. The van der Waals surface area contributed by atoms with E-state index < -0.39 is 23.4 Å². The fraction of sp³-hybridized carbons (Fsp3) is 0.407. The zero-order chi connectivity index (χ0) is 28.9. The Labute approximate surface area is 223 Å². The molecule has 0 bridgehead atoms. The van der Waals surface area contributed by atoms with Gasteiger partial charge in [0.25, 0.3) is 5.91 Å². The minimum atomic E-state index is -0.521. The zero-order valence-corrected chi connectivity index (χ0v) is 23.0. The number of esters is 1. The average molecular weight is 531 g/mol. The van der Waals surface area contributed by atoms with Crippen LogP contribution in [-0.4, -0.2) is 42.4 Å². The van der Waals surface area contributed by atoms with Gasteiger partial charge in [0.1, 0.15) is 11.2 Å². The number of nitrogens with two attached hydrogens (primary N) is 1. The first-order valence-electron chi connectivity index (χ1n) is 11.8. The summed E-state index contributed by atoms with van der Waals surface area (Å²) in [6, 6.07) is 13.6. The molecule has 11 nitrogen and oxygen atoms in total. The van der Waals surface area contributed by atoms with E-state index in [-0.39, 0.29) is 11.9 Å². The number of alkyl carbamates (subject to hydrolysis) is 2. The molecule has 208 valence electrons. The molecule has 38 heavy (non-hydrogen) atoms. The Kier molecular flexibility index (Phi) is 12.2. The molecule has 2 aromatic carbocycles. The van der Waals surface area contributed by atoms with Crippen molar-refractivity contribution in [2.45, 2.75) is 65.8 Å². The van der Waals surface area contributed by atoms with Crippen LogP contribution in [0.15, 0.2) is 48.5 Å². The molecule has 0 saturated heterocycles. The van der Waals surface area contributed by atoms with Crippen LogP contribution in [0.25, 0.3) is 0 Å². The Morgan fingerprint density at radius 1 is 0.684 bits per heavy atom. The molecule has 0 radical (unpaired) electrons. The first-order valence-corrected chi connectivity index (χ1v) is 11.8. The third-order valence-corrected chi connectivity index (χ3v) is 4.39. The van der Waals surface area contributed by atoms with Crippen LogP contribution in [0, 0.1) is 0 Å². The number of rotatable bonds is 6. The van der Waals surface area contributed by atoms with Crippen molar-refractivity contribution in [2.24, 2.45) is 5.84 Å². The highest BCUT2D eigenvalue weighted by Crippen LogP contribution is 2.09. The molecule has 0 aromatic heterocycles. The minimum absolute atomic E-state index is 0.333.